The lowest BCUT2D eigenvalue weighted by molar-refractivity contribution is -0.118. The smallest absolute Gasteiger partial charge is 0.264 e. The average molecular weight is 280 g/mol. The zero-order valence-corrected chi connectivity index (χ0v) is 11.4. The van der Waals surface area contributed by atoms with E-state index in [0.29, 0.717) is 32.8 Å². The topological polar surface area (TPSA) is 49.9 Å². The lowest BCUT2D eigenvalue weighted by Gasteiger charge is -2.26. The van der Waals surface area contributed by atoms with Gasteiger partial charge in [0.25, 0.3) is 5.91 Å². The van der Waals surface area contributed by atoms with E-state index in [2.05, 4.69) is 0 Å². The van der Waals surface area contributed by atoms with E-state index in [4.69, 9.17) is 4.74 Å². The molecule has 0 unspecified atom stereocenters. The standard InChI is InChI=1S/C13H16N2O3S/c16-9-14-2-1-11-10(8-14)7-12(19-11)13(17)15-3-5-18-6-4-15/h7,9H,1-6,8H2. The minimum atomic E-state index is 0.0975. The van der Waals surface area contributed by atoms with Gasteiger partial charge in [0, 0.05) is 31.1 Å². The van der Waals surface area contributed by atoms with Gasteiger partial charge in [-0.1, -0.05) is 0 Å². The van der Waals surface area contributed by atoms with Gasteiger partial charge in [0.2, 0.25) is 6.41 Å². The van der Waals surface area contributed by atoms with Crippen molar-refractivity contribution >= 4 is 23.7 Å². The molecule has 19 heavy (non-hydrogen) atoms. The van der Waals surface area contributed by atoms with E-state index in [1.165, 1.54) is 4.88 Å². The van der Waals surface area contributed by atoms with Crippen LogP contribution in [0.4, 0.5) is 0 Å². The molecule has 0 spiro atoms. The Morgan fingerprint density at radius 3 is 2.84 bits per heavy atom. The maximum absolute atomic E-state index is 12.4. The van der Waals surface area contributed by atoms with E-state index in [0.717, 1.165) is 29.8 Å². The Morgan fingerprint density at radius 1 is 1.32 bits per heavy atom. The van der Waals surface area contributed by atoms with E-state index in [-0.39, 0.29) is 5.91 Å². The van der Waals surface area contributed by atoms with Crippen LogP contribution in [-0.2, 0) is 22.5 Å². The van der Waals surface area contributed by atoms with Gasteiger partial charge in [-0.25, -0.2) is 0 Å². The fourth-order valence-corrected chi connectivity index (χ4v) is 3.60. The highest BCUT2D eigenvalue weighted by atomic mass is 32.1. The Hall–Kier alpha value is -1.40. The van der Waals surface area contributed by atoms with Crippen LogP contribution in [0.2, 0.25) is 0 Å². The highest BCUT2D eigenvalue weighted by molar-refractivity contribution is 7.14. The van der Waals surface area contributed by atoms with Gasteiger partial charge >= 0.3 is 0 Å². The van der Waals surface area contributed by atoms with Crippen molar-refractivity contribution in [3.05, 3.63) is 21.4 Å². The SMILES string of the molecule is O=CN1CCc2sc(C(=O)N3CCOCC3)cc2C1. The molecule has 102 valence electrons. The average Bonchev–Trinajstić information content (AvgIpc) is 2.90. The summed E-state index contributed by atoms with van der Waals surface area (Å²) < 4.78 is 5.26. The van der Waals surface area contributed by atoms with Gasteiger partial charge in [-0.05, 0) is 18.1 Å². The maximum atomic E-state index is 12.4. The van der Waals surface area contributed by atoms with Gasteiger partial charge in [-0.3, -0.25) is 9.59 Å². The molecule has 2 aliphatic rings. The quantitative estimate of drug-likeness (QED) is 0.751. The van der Waals surface area contributed by atoms with E-state index in [9.17, 15) is 9.59 Å². The summed E-state index contributed by atoms with van der Waals surface area (Å²) in [4.78, 5) is 28.8. The first-order chi connectivity index (χ1) is 9.28. The van der Waals surface area contributed by atoms with Crippen LogP contribution < -0.4 is 0 Å². The molecule has 3 rings (SSSR count). The Labute approximate surface area is 115 Å². The predicted octanol–water partition coefficient (Wildman–Crippen LogP) is 0.735. The van der Waals surface area contributed by atoms with Gasteiger partial charge in [-0.15, -0.1) is 11.3 Å². The first kappa shape index (κ1) is 12.6. The van der Waals surface area contributed by atoms with Crippen LogP contribution in [0, 0.1) is 0 Å². The van der Waals surface area contributed by atoms with Crippen molar-refractivity contribution in [3.8, 4) is 0 Å². The van der Waals surface area contributed by atoms with Crippen LogP contribution in [0.3, 0.4) is 0 Å². The molecule has 6 heteroatoms. The van der Waals surface area contributed by atoms with Gasteiger partial charge in [-0.2, -0.15) is 0 Å². The van der Waals surface area contributed by atoms with Crippen LogP contribution in [-0.4, -0.2) is 55.0 Å². The number of carbonyl (C=O) groups is 2. The molecule has 0 radical (unpaired) electrons. The first-order valence-electron chi connectivity index (χ1n) is 6.46. The van der Waals surface area contributed by atoms with E-state index in [1.807, 2.05) is 11.0 Å². The van der Waals surface area contributed by atoms with Crippen molar-refractivity contribution in [1.29, 1.82) is 0 Å². The Balaban J connectivity index is 1.77. The van der Waals surface area contributed by atoms with Crippen molar-refractivity contribution in [3.63, 3.8) is 0 Å². The summed E-state index contributed by atoms with van der Waals surface area (Å²) in [5.74, 6) is 0.0975. The molecule has 5 nitrogen and oxygen atoms in total. The van der Waals surface area contributed by atoms with Crippen molar-refractivity contribution in [2.24, 2.45) is 0 Å². The monoisotopic (exact) mass is 280 g/mol. The van der Waals surface area contributed by atoms with Crippen molar-refractivity contribution < 1.29 is 14.3 Å². The van der Waals surface area contributed by atoms with Gasteiger partial charge in [0.15, 0.2) is 0 Å². The Kier molecular flexibility index (Phi) is 3.52. The minimum absolute atomic E-state index is 0.0975. The van der Waals surface area contributed by atoms with Crippen LogP contribution in [0.5, 0.6) is 0 Å². The fourth-order valence-electron chi connectivity index (χ4n) is 2.47. The molecule has 1 fully saturated rings. The van der Waals surface area contributed by atoms with Crippen LogP contribution in [0.15, 0.2) is 6.07 Å². The first-order valence-corrected chi connectivity index (χ1v) is 7.27. The van der Waals surface area contributed by atoms with Gasteiger partial charge < -0.3 is 14.5 Å². The number of hydrogen-bond donors (Lipinski definition) is 0. The molecule has 3 heterocycles. The summed E-state index contributed by atoms with van der Waals surface area (Å²) >= 11 is 1.57. The number of rotatable bonds is 2. The number of carbonyl (C=O) groups excluding carboxylic acids is 2. The molecule has 0 aromatic carbocycles. The number of amides is 2. The zero-order valence-electron chi connectivity index (χ0n) is 10.6. The number of hydrogen-bond acceptors (Lipinski definition) is 4. The summed E-state index contributed by atoms with van der Waals surface area (Å²) in [6, 6.07) is 1.95. The molecule has 2 amide bonds. The molecule has 2 aliphatic heterocycles. The summed E-state index contributed by atoms with van der Waals surface area (Å²) in [7, 11) is 0. The zero-order chi connectivity index (χ0) is 13.2. The van der Waals surface area contributed by atoms with E-state index < -0.39 is 0 Å². The minimum Gasteiger partial charge on any atom is -0.378 e. The summed E-state index contributed by atoms with van der Waals surface area (Å²) in [5, 5.41) is 0. The normalized spacial score (nSPS) is 19.2. The Morgan fingerprint density at radius 2 is 2.11 bits per heavy atom. The third kappa shape index (κ3) is 2.50. The van der Waals surface area contributed by atoms with Crippen molar-refractivity contribution in [2.75, 3.05) is 32.8 Å². The highest BCUT2D eigenvalue weighted by Crippen LogP contribution is 2.28. The fraction of sp³-hybridized carbons (Fsp3) is 0.538. The molecule has 0 aliphatic carbocycles. The van der Waals surface area contributed by atoms with Gasteiger partial charge in [0.1, 0.15) is 0 Å². The van der Waals surface area contributed by atoms with E-state index >= 15 is 0 Å². The second-order valence-corrected chi connectivity index (χ2v) is 5.93. The number of nitrogens with zero attached hydrogens (tertiary/aromatic N) is 2. The van der Waals surface area contributed by atoms with Crippen molar-refractivity contribution in [2.45, 2.75) is 13.0 Å². The lowest BCUT2D eigenvalue weighted by atomic mass is 10.1. The number of fused-ring (bicyclic) bond motifs is 1. The summed E-state index contributed by atoms with van der Waals surface area (Å²) in [6.45, 7) is 3.96. The van der Waals surface area contributed by atoms with Crippen LogP contribution in [0.25, 0.3) is 0 Å². The third-order valence-electron chi connectivity index (χ3n) is 3.55. The third-order valence-corrected chi connectivity index (χ3v) is 4.78. The lowest BCUT2D eigenvalue weighted by Crippen LogP contribution is -2.40. The predicted molar refractivity (Wildman–Crippen MR) is 71.2 cm³/mol. The number of morpholine rings is 1. The Bertz CT molecular complexity index is 494. The second kappa shape index (κ2) is 5.30. The number of thiophene rings is 1. The highest BCUT2D eigenvalue weighted by Gasteiger charge is 2.24. The number of ether oxygens (including phenoxy) is 1. The van der Waals surface area contributed by atoms with Crippen LogP contribution >= 0.6 is 11.3 Å². The van der Waals surface area contributed by atoms with Gasteiger partial charge in [0.05, 0.1) is 18.1 Å². The van der Waals surface area contributed by atoms with Crippen molar-refractivity contribution in [1.82, 2.24) is 9.80 Å². The molecular formula is C13H16N2O3S. The molecule has 0 atom stereocenters. The summed E-state index contributed by atoms with van der Waals surface area (Å²) in [6.07, 6.45) is 1.74. The second-order valence-electron chi connectivity index (χ2n) is 4.79. The molecule has 0 N–H and O–H groups in total. The molecular weight excluding hydrogens is 264 g/mol. The molecule has 0 bridgehead atoms. The maximum Gasteiger partial charge on any atom is 0.264 e. The summed E-state index contributed by atoms with van der Waals surface area (Å²) in [5.41, 5.74) is 1.12. The largest absolute Gasteiger partial charge is 0.378 e. The molecule has 0 saturated carbocycles. The molecule has 1 aromatic heterocycles. The molecule has 1 aromatic rings. The molecule has 1 saturated heterocycles. The van der Waals surface area contributed by atoms with Crippen LogP contribution in [0.1, 0.15) is 20.1 Å². The van der Waals surface area contributed by atoms with E-state index in [1.54, 1.807) is 16.2 Å².